The van der Waals surface area contributed by atoms with E-state index in [0.717, 1.165) is 0 Å². The summed E-state index contributed by atoms with van der Waals surface area (Å²) in [7, 11) is 1.66. The zero-order valence-electron chi connectivity index (χ0n) is 13.9. The molecule has 6 heteroatoms. The van der Waals surface area contributed by atoms with Crippen LogP contribution in [-0.2, 0) is 4.79 Å². The van der Waals surface area contributed by atoms with Gasteiger partial charge < -0.3 is 10.2 Å². The van der Waals surface area contributed by atoms with Crippen molar-refractivity contribution < 1.29 is 9.59 Å². The van der Waals surface area contributed by atoms with Crippen LogP contribution in [0, 0.1) is 0 Å². The number of carbonyl (C=O) groups excluding carboxylic acids is 2. The fraction of sp³-hybridized carbons (Fsp3) is 0.529. The Hall–Kier alpha value is -1.14. The Morgan fingerprint density at radius 2 is 1.83 bits per heavy atom. The number of rotatable bonds is 5. The third-order valence-electron chi connectivity index (χ3n) is 3.43. The van der Waals surface area contributed by atoms with Gasteiger partial charge >= 0.3 is 0 Å². The lowest BCUT2D eigenvalue weighted by molar-refractivity contribution is -0.122. The minimum atomic E-state index is -0.137. The fourth-order valence-electron chi connectivity index (χ4n) is 2.34. The van der Waals surface area contributed by atoms with E-state index >= 15 is 0 Å². The van der Waals surface area contributed by atoms with Crippen molar-refractivity contribution in [3.05, 3.63) is 35.4 Å². The zero-order chi connectivity index (χ0) is 16.8. The van der Waals surface area contributed by atoms with E-state index in [0.29, 0.717) is 10.1 Å². The van der Waals surface area contributed by atoms with Crippen LogP contribution < -0.4 is 5.32 Å². The zero-order valence-corrected chi connectivity index (χ0v) is 15.5. The molecule has 2 rings (SSSR count). The smallest absolute Gasteiger partial charge is 0.254 e. The molecule has 0 spiro atoms. The molecule has 1 aliphatic rings. The molecule has 0 saturated carbocycles. The lowest BCUT2D eigenvalue weighted by atomic mass is 10.1. The third-order valence-corrected chi connectivity index (χ3v) is 6.45. The van der Waals surface area contributed by atoms with Crippen LogP contribution in [0.4, 0.5) is 0 Å². The largest absolute Gasteiger partial charge is 0.352 e. The molecule has 23 heavy (non-hydrogen) atoms. The molecule has 1 fully saturated rings. The number of nitrogens with zero attached hydrogens (tertiary/aromatic N) is 1. The first kappa shape index (κ1) is 18.2. The van der Waals surface area contributed by atoms with Crippen molar-refractivity contribution in [3.8, 4) is 0 Å². The Morgan fingerprint density at radius 3 is 2.39 bits per heavy atom. The number of hydrogen-bond donors (Lipinski definition) is 1. The molecule has 126 valence electrons. The highest BCUT2D eigenvalue weighted by Gasteiger charge is 2.18. The minimum Gasteiger partial charge on any atom is -0.352 e. The molecule has 0 bridgehead atoms. The Morgan fingerprint density at radius 1 is 1.22 bits per heavy atom. The van der Waals surface area contributed by atoms with Crippen molar-refractivity contribution in [1.82, 2.24) is 10.2 Å². The van der Waals surface area contributed by atoms with Crippen LogP contribution in [0.15, 0.2) is 24.3 Å². The summed E-state index contributed by atoms with van der Waals surface area (Å²) < 4.78 is 0.474. The van der Waals surface area contributed by atoms with Crippen LogP contribution in [0.2, 0.25) is 0 Å². The second-order valence-corrected chi connectivity index (χ2v) is 8.66. The molecular formula is C17H24N2O2S2. The van der Waals surface area contributed by atoms with Crippen LogP contribution >= 0.6 is 23.5 Å². The maximum Gasteiger partial charge on any atom is 0.254 e. The van der Waals surface area contributed by atoms with Crippen LogP contribution in [0.3, 0.4) is 0 Å². The van der Waals surface area contributed by atoms with E-state index in [4.69, 9.17) is 0 Å². The number of nitrogens with one attached hydrogen (secondary N) is 1. The fourth-order valence-corrected chi connectivity index (χ4v) is 5.23. The maximum absolute atomic E-state index is 12.4. The quantitative estimate of drug-likeness (QED) is 0.884. The molecule has 0 aromatic heterocycles. The summed E-state index contributed by atoms with van der Waals surface area (Å²) in [5.74, 6) is 2.14. The van der Waals surface area contributed by atoms with Gasteiger partial charge in [0.05, 0.1) is 11.1 Å². The molecule has 4 nitrogen and oxygen atoms in total. The van der Waals surface area contributed by atoms with Crippen LogP contribution in [0.25, 0.3) is 0 Å². The molecule has 1 heterocycles. The lowest BCUT2D eigenvalue weighted by Crippen LogP contribution is -2.40. The van der Waals surface area contributed by atoms with E-state index in [1.165, 1.54) is 28.4 Å². The van der Waals surface area contributed by atoms with Gasteiger partial charge in [0.25, 0.3) is 5.91 Å². The first-order chi connectivity index (χ1) is 11.0. The number of thioether (sulfide) groups is 2. The average molecular weight is 353 g/mol. The summed E-state index contributed by atoms with van der Waals surface area (Å²) >= 11 is 3.93. The van der Waals surface area contributed by atoms with E-state index in [1.807, 2.05) is 61.6 Å². The van der Waals surface area contributed by atoms with Crippen LogP contribution in [0.5, 0.6) is 0 Å². The van der Waals surface area contributed by atoms with E-state index in [1.54, 1.807) is 7.05 Å². The Kier molecular flexibility index (Phi) is 6.84. The predicted octanol–water partition coefficient (Wildman–Crippen LogP) is 3.15. The number of amides is 2. The Labute approximate surface area is 146 Å². The van der Waals surface area contributed by atoms with Gasteiger partial charge in [0.15, 0.2) is 0 Å². The number of likely N-dealkylation sites (N-methyl/N-ethyl adjacent to an activating group) is 1. The number of benzene rings is 1. The topological polar surface area (TPSA) is 49.4 Å². The van der Waals surface area contributed by atoms with E-state index in [9.17, 15) is 9.59 Å². The number of hydrogen-bond acceptors (Lipinski definition) is 4. The minimum absolute atomic E-state index is 0.0765. The molecule has 1 aromatic rings. The maximum atomic E-state index is 12.4. The Balaban J connectivity index is 1.95. The van der Waals surface area contributed by atoms with Crippen molar-refractivity contribution in [2.75, 3.05) is 25.1 Å². The number of carbonyl (C=O) groups is 2. The third kappa shape index (κ3) is 5.46. The molecule has 1 aromatic carbocycles. The van der Waals surface area contributed by atoms with Gasteiger partial charge in [-0.2, -0.15) is 0 Å². The molecule has 1 saturated heterocycles. The molecule has 0 atom stereocenters. The molecule has 0 unspecified atom stereocenters. The van der Waals surface area contributed by atoms with Crippen LogP contribution in [-0.4, -0.2) is 47.9 Å². The summed E-state index contributed by atoms with van der Waals surface area (Å²) in [5, 5.41) is 2.79. The van der Waals surface area contributed by atoms with Gasteiger partial charge in [-0.3, -0.25) is 9.59 Å². The lowest BCUT2D eigenvalue weighted by Gasteiger charge is -2.22. The first-order valence-electron chi connectivity index (χ1n) is 7.85. The van der Waals surface area contributed by atoms with Crippen molar-refractivity contribution in [2.45, 2.75) is 30.9 Å². The Bertz CT molecular complexity index is 540. The first-order valence-corrected chi connectivity index (χ1v) is 9.95. The van der Waals surface area contributed by atoms with Gasteiger partial charge in [-0.25, -0.2) is 0 Å². The SMILES string of the molecule is CC(C)NC(=O)CN(C)C(=O)c1ccc(C2SCCCS2)cc1. The van der Waals surface area contributed by atoms with E-state index in [2.05, 4.69) is 5.32 Å². The van der Waals surface area contributed by atoms with Crippen molar-refractivity contribution in [3.63, 3.8) is 0 Å². The highest BCUT2D eigenvalue weighted by Crippen LogP contribution is 2.43. The van der Waals surface area contributed by atoms with E-state index in [-0.39, 0.29) is 24.4 Å². The highest BCUT2D eigenvalue weighted by atomic mass is 32.2. The van der Waals surface area contributed by atoms with Crippen molar-refractivity contribution in [2.24, 2.45) is 0 Å². The van der Waals surface area contributed by atoms with Gasteiger partial charge in [-0.15, -0.1) is 23.5 Å². The van der Waals surface area contributed by atoms with Gasteiger partial charge in [-0.05, 0) is 49.5 Å². The van der Waals surface area contributed by atoms with Crippen molar-refractivity contribution >= 4 is 35.3 Å². The average Bonchev–Trinajstić information content (AvgIpc) is 2.54. The summed E-state index contributed by atoms with van der Waals surface area (Å²) in [5.41, 5.74) is 1.89. The summed E-state index contributed by atoms with van der Waals surface area (Å²) in [6.07, 6.45) is 1.27. The highest BCUT2D eigenvalue weighted by molar-refractivity contribution is 8.16. The van der Waals surface area contributed by atoms with E-state index < -0.39 is 0 Å². The van der Waals surface area contributed by atoms with Gasteiger partial charge in [-0.1, -0.05) is 12.1 Å². The molecule has 1 N–H and O–H groups in total. The summed E-state index contributed by atoms with van der Waals surface area (Å²) in [6.45, 7) is 3.88. The molecule has 2 amide bonds. The monoisotopic (exact) mass is 352 g/mol. The summed E-state index contributed by atoms with van der Waals surface area (Å²) in [4.78, 5) is 25.6. The molecule has 0 radical (unpaired) electrons. The van der Waals surface area contributed by atoms with Gasteiger partial charge in [0.2, 0.25) is 5.91 Å². The molecular weight excluding hydrogens is 328 g/mol. The van der Waals surface area contributed by atoms with Crippen LogP contribution in [0.1, 0.15) is 40.8 Å². The molecule has 1 aliphatic heterocycles. The predicted molar refractivity (Wildman–Crippen MR) is 99.0 cm³/mol. The second kappa shape index (κ2) is 8.64. The normalized spacial score (nSPS) is 15.5. The summed E-state index contributed by atoms with van der Waals surface area (Å²) in [6, 6.07) is 7.88. The van der Waals surface area contributed by atoms with Gasteiger partial charge in [0, 0.05) is 18.7 Å². The van der Waals surface area contributed by atoms with Gasteiger partial charge in [0.1, 0.15) is 0 Å². The standard InChI is InChI=1S/C17H24N2O2S2/c1-12(2)18-15(20)11-19(3)16(21)13-5-7-14(8-6-13)17-22-9-4-10-23-17/h5-8,12,17H,4,9-11H2,1-3H3,(H,18,20). The second-order valence-electron chi connectivity index (χ2n) is 5.93. The molecule has 0 aliphatic carbocycles. The van der Waals surface area contributed by atoms with Crippen molar-refractivity contribution in [1.29, 1.82) is 0 Å².